The fraction of sp³-hybridized carbons (Fsp3) is 0.462. The molecular formula is C13H15BrN2. The highest BCUT2D eigenvalue weighted by molar-refractivity contribution is 9.10. The number of nitrogens with one attached hydrogen (secondary N) is 1. The van der Waals surface area contributed by atoms with Crippen LogP contribution in [0.5, 0.6) is 0 Å². The monoisotopic (exact) mass is 278 g/mol. The predicted molar refractivity (Wildman–Crippen MR) is 69.4 cm³/mol. The van der Waals surface area contributed by atoms with Gasteiger partial charge in [-0.1, -0.05) is 6.92 Å². The molecule has 0 spiro atoms. The van der Waals surface area contributed by atoms with Crippen LogP contribution in [0.1, 0.15) is 38.2 Å². The van der Waals surface area contributed by atoms with Crippen molar-refractivity contribution in [3.8, 4) is 6.07 Å². The summed E-state index contributed by atoms with van der Waals surface area (Å²) in [6.07, 6.45) is 4.96. The molecule has 0 amide bonds. The smallest absolute Gasteiger partial charge is 0.0992 e. The van der Waals surface area contributed by atoms with E-state index in [1.807, 2.05) is 18.2 Å². The highest BCUT2D eigenvalue weighted by atomic mass is 79.9. The Labute approximate surface area is 105 Å². The minimum absolute atomic E-state index is 0.288. The van der Waals surface area contributed by atoms with Crippen molar-refractivity contribution in [2.45, 2.75) is 38.1 Å². The quantitative estimate of drug-likeness (QED) is 0.905. The van der Waals surface area contributed by atoms with Gasteiger partial charge < -0.3 is 5.32 Å². The summed E-state index contributed by atoms with van der Waals surface area (Å²) in [7, 11) is 0. The van der Waals surface area contributed by atoms with Crippen molar-refractivity contribution in [1.82, 2.24) is 0 Å². The molecule has 0 saturated heterocycles. The van der Waals surface area contributed by atoms with Crippen LogP contribution >= 0.6 is 15.9 Å². The van der Waals surface area contributed by atoms with Crippen LogP contribution in [0.25, 0.3) is 0 Å². The molecule has 2 rings (SSSR count). The normalized spacial score (nSPS) is 17.3. The summed E-state index contributed by atoms with van der Waals surface area (Å²) in [6, 6.07) is 7.85. The van der Waals surface area contributed by atoms with E-state index in [-0.39, 0.29) is 5.54 Å². The molecule has 0 heterocycles. The van der Waals surface area contributed by atoms with Gasteiger partial charge in [0.2, 0.25) is 0 Å². The summed E-state index contributed by atoms with van der Waals surface area (Å²) in [5, 5.41) is 12.4. The molecule has 1 aliphatic rings. The van der Waals surface area contributed by atoms with Crippen LogP contribution in [0.3, 0.4) is 0 Å². The van der Waals surface area contributed by atoms with Gasteiger partial charge in [-0.3, -0.25) is 0 Å². The van der Waals surface area contributed by atoms with Crippen molar-refractivity contribution < 1.29 is 0 Å². The molecule has 84 valence electrons. The third-order valence-electron chi connectivity index (χ3n) is 3.49. The zero-order valence-electron chi connectivity index (χ0n) is 9.39. The molecule has 1 aromatic rings. The Morgan fingerprint density at radius 3 is 2.69 bits per heavy atom. The summed E-state index contributed by atoms with van der Waals surface area (Å²) in [5.41, 5.74) is 2.08. The third kappa shape index (κ3) is 2.08. The standard InChI is InChI=1S/C13H15BrN2/c1-2-13(6-3-7-13)16-12-5-4-10(9-15)8-11(12)14/h4-5,8,16H,2-3,6-7H2,1H3. The largest absolute Gasteiger partial charge is 0.379 e. The van der Waals surface area contributed by atoms with Gasteiger partial charge in [0.25, 0.3) is 0 Å². The van der Waals surface area contributed by atoms with Crippen LogP contribution in [0, 0.1) is 11.3 Å². The summed E-state index contributed by atoms with van der Waals surface area (Å²) < 4.78 is 0.978. The number of hydrogen-bond donors (Lipinski definition) is 1. The Bertz CT molecular complexity index is 425. The van der Waals surface area contributed by atoms with Crippen LogP contribution in [0.15, 0.2) is 22.7 Å². The van der Waals surface area contributed by atoms with Crippen molar-refractivity contribution in [3.05, 3.63) is 28.2 Å². The van der Waals surface area contributed by atoms with Crippen LogP contribution in [0.2, 0.25) is 0 Å². The highest BCUT2D eigenvalue weighted by Gasteiger charge is 2.35. The maximum atomic E-state index is 8.80. The molecule has 16 heavy (non-hydrogen) atoms. The third-order valence-corrected chi connectivity index (χ3v) is 4.14. The van der Waals surface area contributed by atoms with Gasteiger partial charge in [-0.2, -0.15) is 5.26 Å². The number of nitriles is 1. The number of hydrogen-bond acceptors (Lipinski definition) is 2. The molecule has 1 saturated carbocycles. The Hall–Kier alpha value is -1.01. The van der Waals surface area contributed by atoms with E-state index in [0.29, 0.717) is 5.56 Å². The van der Waals surface area contributed by atoms with E-state index < -0.39 is 0 Å². The topological polar surface area (TPSA) is 35.8 Å². The van der Waals surface area contributed by atoms with E-state index in [2.05, 4.69) is 34.2 Å². The SMILES string of the molecule is CCC1(Nc2ccc(C#N)cc2Br)CCC1. The number of rotatable bonds is 3. The molecule has 2 nitrogen and oxygen atoms in total. The predicted octanol–water partition coefficient (Wildman–Crippen LogP) is 4.07. The fourth-order valence-electron chi connectivity index (χ4n) is 2.14. The average molecular weight is 279 g/mol. The molecule has 0 bridgehead atoms. The molecule has 1 N–H and O–H groups in total. The van der Waals surface area contributed by atoms with Crippen molar-refractivity contribution in [2.75, 3.05) is 5.32 Å². The second kappa shape index (κ2) is 4.47. The first-order valence-corrected chi connectivity index (χ1v) is 6.46. The van der Waals surface area contributed by atoms with Crippen molar-refractivity contribution in [3.63, 3.8) is 0 Å². The number of nitrogens with zero attached hydrogens (tertiary/aromatic N) is 1. The average Bonchev–Trinajstić information content (AvgIpc) is 2.25. The molecule has 1 fully saturated rings. The van der Waals surface area contributed by atoms with Crippen molar-refractivity contribution in [2.24, 2.45) is 0 Å². The molecule has 0 radical (unpaired) electrons. The van der Waals surface area contributed by atoms with E-state index in [9.17, 15) is 0 Å². The second-order valence-electron chi connectivity index (χ2n) is 4.42. The van der Waals surface area contributed by atoms with E-state index in [1.165, 1.54) is 19.3 Å². The summed E-state index contributed by atoms with van der Waals surface area (Å²) in [6.45, 7) is 2.23. The Morgan fingerprint density at radius 2 is 2.25 bits per heavy atom. The highest BCUT2D eigenvalue weighted by Crippen LogP contribution is 2.39. The number of benzene rings is 1. The minimum Gasteiger partial charge on any atom is -0.379 e. The van der Waals surface area contributed by atoms with Crippen LogP contribution < -0.4 is 5.32 Å². The van der Waals surface area contributed by atoms with Gasteiger partial charge in [0.05, 0.1) is 11.6 Å². The van der Waals surface area contributed by atoms with Gasteiger partial charge in [-0.15, -0.1) is 0 Å². The molecule has 0 unspecified atom stereocenters. The van der Waals surface area contributed by atoms with E-state index in [1.54, 1.807) is 0 Å². The Kier molecular flexibility index (Phi) is 3.20. The number of anilines is 1. The first kappa shape index (κ1) is 11.5. The molecule has 3 heteroatoms. The lowest BCUT2D eigenvalue weighted by Gasteiger charge is -2.43. The molecule has 0 aliphatic heterocycles. The first-order chi connectivity index (χ1) is 7.69. The maximum absolute atomic E-state index is 8.80. The summed E-state index contributed by atoms with van der Waals surface area (Å²) in [5.74, 6) is 0. The molecule has 0 aromatic heterocycles. The van der Waals surface area contributed by atoms with Gasteiger partial charge in [-0.05, 0) is 59.8 Å². The zero-order chi connectivity index (χ0) is 11.6. The number of halogens is 1. The summed E-state index contributed by atoms with van der Waals surface area (Å²) >= 11 is 3.51. The van der Waals surface area contributed by atoms with Gasteiger partial charge in [0, 0.05) is 15.7 Å². The lowest BCUT2D eigenvalue weighted by Crippen LogP contribution is -2.44. The van der Waals surface area contributed by atoms with Gasteiger partial charge >= 0.3 is 0 Å². The van der Waals surface area contributed by atoms with Gasteiger partial charge in [0.15, 0.2) is 0 Å². The lowest BCUT2D eigenvalue weighted by molar-refractivity contribution is 0.269. The Balaban J connectivity index is 2.19. The summed E-state index contributed by atoms with van der Waals surface area (Å²) in [4.78, 5) is 0. The minimum atomic E-state index is 0.288. The fourth-order valence-corrected chi connectivity index (χ4v) is 2.62. The van der Waals surface area contributed by atoms with E-state index in [4.69, 9.17) is 5.26 Å². The zero-order valence-corrected chi connectivity index (χ0v) is 11.0. The first-order valence-electron chi connectivity index (χ1n) is 5.67. The Morgan fingerprint density at radius 1 is 1.50 bits per heavy atom. The van der Waals surface area contributed by atoms with Crippen molar-refractivity contribution >= 4 is 21.6 Å². The van der Waals surface area contributed by atoms with Crippen LogP contribution in [0.4, 0.5) is 5.69 Å². The van der Waals surface area contributed by atoms with Crippen LogP contribution in [-0.2, 0) is 0 Å². The van der Waals surface area contributed by atoms with Gasteiger partial charge in [-0.25, -0.2) is 0 Å². The second-order valence-corrected chi connectivity index (χ2v) is 5.27. The molecular weight excluding hydrogens is 264 g/mol. The lowest BCUT2D eigenvalue weighted by atomic mass is 9.74. The van der Waals surface area contributed by atoms with E-state index >= 15 is 0 Å². The van der Waals surface area contributed by atoms with Gasteiger partial charge in [0.1, 0.15) is 0 Å². The molecule has 1 aliphatic carbocycles. The van der Waals surface area contributed by atoms with Crippen molar-refractivity contribution in [1.29, 1.82) is 5.26 Å². The van der Waals surface area contributed by atoms with Crippen LogP contribution in [-0.4, -0.2) is 5.54 Å². The molecule has 1 aromatic carbocycles. The van der Waals surface area contributed by atoms with E-state index in [0.717, 1.165) is 16.6 Å². The molecule has 0 atom stereocenters. The maximum Gasteiger partial charge on any atom is 0.0992 e.